The molecule has 0 spiro atoms. The zero-order chi connectivity index (χ0) is 11.2. The number of likely N-dealkylation sites (N-methyl/N-ethyl adjacent to an activating group) is 1. The number of aromatic nitrogens is 1. The maximum atomic E-state index is 11.3. The molecule has 1 N–H and O–H groups in total. The summed E-state index contributed by atoms with van der Waals surface area (Å²) in [5, 5.41) is 0. The fraction of sp³-hybridized carbons (Fsp3) is 0.583. The van der Waals surface area contributed by atoms with Crippen molar-refractivity contribution in [2.75, 3.05) is 13.6 Å². The van der Waals surface area contributed by atoms with Crippen LogP contribution >= 0.6 is 0 Å². The van der Waals surface area contributed by atoms with E-state index >= 15 is 0 Å². The van der Waals surface area contributed by atoms with Crippen molar-refractivity contribution in [3.8, 4) is 0 Å². The third-order valence-corrected chi connectivity index (χ3v) is 3.43. The van der Waals surface area contributed by atoms with Gasteiger partial charge in [-0.3, -0.25) is 9.69 Å². The van der Waals surface area contributed by atoms with Crippen LogP contribution in [0.1, 0.15) is 54.5 Å². The van der Waals surface area contributed by atoms with Crippen molar-refractivity contribution < 1.29 is 4.79 Å². The van der Waals surface area contributed by atoms with Gasteiger partial charge in [0.1, 0.15) is 0 Å². The summed E-state index contributed by atoms with van der Waals surface area (Å²) in [5.41, 5.74) is 3.27. The summed E-state index contributed by atoms with van der Waals surface area (Å²) in [5.74, 6) is 0.598. The predicted octanol–water partition coefficient (Wildman–Crippen LogP) is 2.33. The molecule has 3 heteroatoms. The van der Waals surface area contributed by atoms with Crippen LogP contribution in [-0.4, -0.2) is 29.3 Å². The van der Waals surface area contributed by atoms with E-state index in [0.29, 0.717) is 12.0 Å². The Balaban J connectivity index is 2.47. The largest absolute Gasteiger partial charge is 0.355 e. The maximum Gasteiger partial charge on any atom is 0.175 e. The molecule has 3 nitrogen and oxygen atoms in total. The normalized spacial score (nSPS) is 26.4. The first kappa shape index (κ1) is 10.4. The average Bonchev–Trinajstić information content (AvgIpc) is 2.59. The van der Waals surface area contributed by atoms with Crippen molar-refractivity contribution in [3.63, 3.8) is 0 Å². The van der Waals surface area contributed by atoms with Crippen LogP contribution in [0, 0.1) is 0 Å². The molecule has 0 bridgehead atoms. The van der Waals surface area contributed by atoms with E-state index in [1.165, 1.54) is 11.3 Å². The monoisotopic (exact) mass is 206 g/mol. The van der Waals surface area contributed by atoms with E-state index in [4.69, 9.17) is 0 Å². The molecule has 2 heterocycles. The van der Waals surface area contributed by atoms with E-state index in [9.17, 15) is 4.79 Å². The first-order valence-corrected chi connectivity index (χ1v) is 5.44. The molecular formula is C12H18N2O. The summed E-state index contributed by atoms with van der Waals surface area (Å²) >= 11 is 0. The fourth-order valence-corrected chi connectivity index (χ4v) is 2.35. The third-order valence-electron chi connectivity index (χ3n) is 3.43. The zero-order valence-electron chi connectivity index (χ0n) is 9.79. The number of H-pyrrole nitrogens is 1. The van der Waals surface area contributed by atoms with Crippen molar-refractivity contribution in [1.29, 1.82) is 0 Å². The second-order valence-corrected chi connectivity index (χ2v) is 4.62. The molecule has 0 aromatic carbocycles. The van der Waals surface area contributed by atoms with Gasteiger partial charge in [0, 0.05) is 31.1 Å². The lowest BCUT2D eigenvalue weighted by atomic mass is 9.93. The van der Waals surface area contributed by atoms with Crippen LogP contribution in [0.25, 0.3) is 0 Å². The first-order chi connectivity index (χ1) is 7.00. The molecule has 1 aromatic heterocycles. The van der Waals surface area contributed by atoms with Crippen LogP contribution in [-0.2, 0) is 0 Å². The number of rotatable bonds is 1. The van der Waals surface area contributed by atoms with Gasteiger partial charge in [0.25, 0.3) is 0 Å². The molecule has 2 unspecified atom stereocenters. The summed E-state index contributed by atoms with van der Waals surface area (Å²) in [6.07, 6.45) is 0. The number of Topliss-reactive ketones (excluding diaryl/α,β-unsaturated/α-hetero) is 1. The van der Waals surface area contributed by atoms with Gasteiger partial charge in [-0.2, -0.15) is 0 Å². The van der Waals surface area contributed by atoms with Gasteiger partial charge >= 0.3 is 0 Å². The number of nitrogens with zero attached hydrogens (tertiary/aromatic N) is 1. The highest BCUT2D eigenvalue weighted by Gasteiger charge is 2.28. The SMILES string of the molecule is CC(=O)c1cc2c([nH]1)C(C)CN(C)C2C. The minimum absolute atomic E-state index is 0.117. The third kappa shape index (κ3) is 1.61. The Morgan fingerprint density at radius 1 is 1.53 bits per heavy atom. The van der Waals surface area contributed by atoms with Crippen molar-refractivity contribution in [1.82, 2.24) is 9.88 Å². The van der Waals surface area contributed by atoms with Crippen LogP contribution < -0.4 is 0 Å². The van der Waals surface area contributed by atoms with Gasteiger partial charge in [-0.05, 0) is 25.6 Å². The number of nitrogens with one attached hydrogen (secondary N) is 1. The highest BCUT2D eigenvalue weighted by atomic mass is 16.1. The molecule has 0 aliphatic carbocycles. The number of aromatic amines is 1. The second-order valence-electron chi connectivity index (χ2n) is 4.62. The second kappa shape index (κ2) is 3.49. The van der Waals surface area contributed by atoms with E-state index in [1.807, 2.05) is 6.07 Å². The lowest BCUT2D eigenvalue weighted by molar-refractivity contribution is 0.101. The van der Waals surface area contributed by atoms with Crippen LogP contribution in [0.3, 0.4) is 0 Å². The highest BCUT2D eigenvalue weighted by Crippen LogP contribution is 2.34. The van der Waals surface area contributed by atoms with E-state index in [-0.39, 0.29) is 5.78 Å². The van der Waals surface area contributed by atoms with Crippen LogP contribution in [0.4, 0.5) is 0 Å². The van der Waals surface area contributed by atoms with Gasteiger partial charge in [0.2, 0.25) is 0 Å². The topological polar surface area (TPSA) is 36.1 Å². The first-order valence-electron chi connectivity index (χ1n) is 5.44. The number of hydrogen-bond donors (Lipinski definition) is 1. The van der Waals surface area contributed by atoms with Gasteiger partial charge < -0.3 is 4.98 Å². The van der Waals surface area contributed by atoms with E-state index in [0.717, 1.165) is 12.2 Å². The highest BCUT2D eigenvalue weighted by molar-refractivity contribution is 5.92. The molecule has 1 aliphatic rings. The lowest BCUT2D eigenvalue weighted by Gasteiger charge is -2.33. The molecule has 0 amide bonds. The smallest absolute Gasteiger partial charge is 0.175 e. The fourth-order valence-electron chi connectivity index (χ4n) is 2.35. The molecule has 1 aromatic rings. The van der Waals surface area contributed by atoms with E-state index in [1.54, 1.807) is 6.92 Å². The van der Waals surface area contributed by atoms with Crippen molar-refractivity contribution in [2.24, 2.45) is 0 Å². The quantitative estimate of drug-likeness (QED) is 0.716. The minimum Gasteiger partial charge on any atom is -0.355 e. The molecule has 2 atom stereocenters. The maximum absolute atomic E-state index is 11.3. The molecule has 0 fully saturated rings. The average molecular weight is 206 g/mol. The number of carbonyl (C=O) groups excluding carboxylic acids is 1. The summed E-state index contributed by atoms with van der Waals surface area (Å²) in [6.45, 7) is 7.03. The van der Waals surface area contributed by atoms with Gasteiger partial charge in [-0.15, -0.1) is 0 Å². The standard InChI is InChI=1S/C12H18N2O/c1-7-6-14(4)8(2)10-5-11(9(3)15)13-12(7)10/h5,7-8,13H,6H2,1-4H3. The van der Waals surface area contributed by atoms with Crippen molar-refractivity contribution in [2.45, 2.75) is 32.7 Å². The Bertz CT molecular complexity index is 394. The van der Waals surface area contributed by atoms with Crippen molar-refractivity contribution in [3.05, 3.63) is 23.0 Å². The Hall–Kier alpha value is -1.09. The summed E-state index contributed by atoms with van der Waals surface area (Å²) in [6, 6.07) is 2.41. The van der Waals surface area contributed by atoms with Crippen molar-refractivity contribution >= 4 is 5.78 Å². The Labute approximate surface area is 90.5 Å². The number of ketones is 1. The summed E-state index contributed by atoms with van der Waals surface area (Å²) in [4.78, 5) is 16.9. The predicted molar refractivity (Wildman–Crippen MR) is 60.3 cm³/mol. The number of fused-ring (bicyclic) bond motifs is 1. The number of hydrogen-bond acceptors (Lipinski definition) is 2. The van der Waals surface area contributed by atoms with Gasteiger partial charge in [0.15, 0.2) is 5.78 Å². The molecular weight excluding hydrogens is 188 g/mol. The van der Waals surface area contributed by atoms with Crippen LogP contribution in [0.5, 0.6) is 0 Å². The summed E-state index contributed by atoms with van der Waals surface area (Å²) in [7, 11) is 2.13. The minimum atomic E-state index is 0.117. The molecule has 0 saturated carbocycles. The molecule has 0 saturated heterocycles. The number of carbonyl (C=O) groups is 1. The Morgan fingerprint density at radius 3 is 2.80 bits per heavy atom. The molecule has 2 rings (SSSR count). The van der Waals surface area contributed by atoms with Crippen LogP contribution in [0.15, 0.2) is 6.07 Å². The van der Waals surface area contributed by atoms with Gasteiger partial charge in [0.05, 0.1) is 5.69 Å². The van der Waals surface area contributed by atoms with Crippen LogP contribution in [0.2, 0.25) is 0 Å². The Kier molecular flexibility index (Phi) is 2.43. The molecule has 0 radical (unpaired) electrons. The molecule has 82 valence electrons. The van der Waals surface area contributed by atoms with E-state index in [2.05, 4.69) is 30.8 Å². The zero-order valence-corrected chi connectivity index (χ0v) is 9.79. The van der Waals surface area contributed by atoms with Gasteiger partial charge in [-0.1, -0.05) is 6.92 Å². The summed E-state index contributed by atoms with van der Waals surface area (Å²) < 4.78 is 0. The molecule has 15 heavy (non-hydrogen) atoms. The Morgan fingerprint density at radius 2 is 2.20 bits per heavy atom. The van der Waals surface area contributed by atoms with E-state index < -0.39 is 0 Å². The molecule has 1 aliphatic heterocycles. The lowest BCUT2D eigenvalue weighted by Crippen LogP contribution is -2.32. The van der Waals surface area contributed by atoms with Gasteiger partial charge in [-0.25, -0.2) is 0 Å².